The lowest BCUT2D eigenvalue weighted by Gasteiger charge is -2.45. The number of hydrogen-bond acceptors (Lipinski definition) is 7. The number of ether oxygens (including phenoxy) is 2. The fourth-order valence-electron chi connectivity index (χ4n) is 3.41. The van der Waals surface area contributed by atoms with E-state index in [9.17, 15) is 16.8 Å². The van der Waals surface area contributed by atoms with E-state index >= 15 is 0 Å². The smallest absolute Gasteiger partial charge is 0.282 e. The first-order valence-electron chi connectivity index (χ1n) is 8.88. The number of hydrogen-bond donors (Lipinski definition) is 0. The van der Waals surface area contributed by atoms with Crippen LogP contribution in [0.25, 0.3) is 0 Å². The molecule has 3 aliphatic heterocycles. The molecular formula is C14H28N4O6S2. The molecule has 0 spiro atoms. The molecule has 10 nitrogen and oxygen atoms in total. The van der Waals surface area contributed by atoms with E-state index in [4.69, 9.17) is 9.47 Å². The Morgan fingerprint density at radius 2 is 1.42 bits per heavy atom. The van der Waals surface area contributed by atoms with Crippen molar-refractivity contribution in [1.82, 2.24) is 17.8 Å². The van der Waals surface area contributed by atoms with E-state index in [0.29, 0.717) is 52.6 Å². The molecule has 0 bridgehead atoms. The molecule has 3 aliphatic rings. The summed E-state index contributed by atoms with van der Waals surface area (Å²) in [5.41, 5.74) is 0. The van der Waals surface area contributed by atoms with Gasteiger partial charge in [0.1, 0.15) is 0 Å². The largest absolute Gasteiger partial charge is 0.379 e. The first kappa shape index (κ1) is 20.4. The Kier molecular flexibility index (Phi) is 6.55. The Bertz CT molecular complexity index is 668. The molecule has 0 radical (unpaired) electrons. The summed E-state index contributed by atoms with van der Waals surface area (Å²) in [6.45, 7) is 5.79. The van der Waals surface area contributed by atoms with Crippen LogP contribution in [0.15, 0.2) is 0 Å². The van der Waals surface area contributed by atoms with Gasteiger partial charge in [-0.05, 0) is 0 Å². The zero-order valence-corrected chi connectivity index (χ0v) is 16.8. The van der Waals surface area contributed by atoms with Gasteiger partial charge in [0.2, 0.25) is 10.0 Å². The van der Waals surface area contributed by atoms with E-state index < -0.39 is 20.2 Å². The van der Waals surface area contributed by atoms with Crippen molar-refractivity contribution in [3.05, 3.63) is 0 Å². The SMILES string of the molecule is CS(=O)(=O)N(CCN1CCOCC1)C1CN(S(=O)(=O)N2CCOCC2)C1. The Labute approximate surface area is 155 Å². The third-order valence-electron chi connectivity index (χ3n) is 5.02. The van der Waals surface area contributed by atoms with Gasteiger partial charge >= 0.3 is 0 Å². The average Bonchev–Trinajstić information content (AvgIpc) is 2.57. The Morgan fingerprint density at radius 3 is 1.96 bits per heavy atom. The van der Waals surface area contributed by atoms with Crippen LogP contribution < -0.4 is 0 Å². The predicted octanol–water partition coefficient (Wildman–Crippen LogP) is -2.16. The number of sulfonamides is 1. The van der Waals surface area contributed by atoms with E-state index in [-0.39, 0.29) is 19.1 Å². The quantitative estimate of drug-likeness (QED) is 0.470. The van der Waals surface area contributed by atoms with E-state index in [1.54, 1.807) is 0 Å². The van der Waals surface area contributed by atoms with Crippen LogP contribution in [-0.4, -0.2) is 126 Å². The van der Waals surface area contributed by atoms with Crippen LogP contribution in [0, 0.1) is 0 Å². The summed E-state index contributed by atoms with van der Waals surface area (Å²) in [6, 6.07) is -0.304. The molecule has 0 aliphatic carbocycles. The topological polar surface area (TPSA) is 99.7 Å². The van der Waals surface area contributed by atoms with E-state index in [1.807, 2.05) is 0 Å². The normalized spacial score (nSPS) is 25.5. The lowest BCUT2D eigenvalue weighted by atomic mass is 10.2. The highest BCUT2D eigenvalue weighted by Gasteiger charge is 2.44. The maximum Gasteiger partial charge on any atom is 0.282 e. The van der Waals surface area contributed by atoms with E-state index in [0.717, 1.165) is 13.1 Å². The Morgan fingerprint density at radius 1 is 0.885 bits per heavy atom. The second-order valence-corrected chi connectivity index (χ2v) is 10.7. The minimum atomic E-state index is -3.53. The van der Waals surface area contributed by atoms with Crippen molar-refractivity contribution in [1.29, 1.82) is 0 Å². The zero-order chi connectivity index (χ0) is 18.8. The molecule has 0 unspecified atom stereocenters. The van der Waals surface area contributed by atoms with Crippen LogP contribution in [0.5, 0.6) is 0 Å². The second kappa shape index (κ2) is 8.35. The molecule has 3 saturated heterocycles. The van der Waals surface area contributed by atoms with Crippen LogP contribution in [0.4, 0.5) is 0 Å². The molecule has 0 atom stereocenters. The van der Waals surface area contributed by atoms with Gasteiger partial charge in [0.25, 0.3) is 10.2 Å². The molecule has 152 valence electrons. The highest BCUT2D eigenvalue weighted by Crippen LogP contribution is 2.23. The maximum atomic E-state index is 12.6. The van der Waals surface area contributed by atoms with Crippen molar-refractivity contribution in [2.75, 3.05) is 85.0 Å². The predicted molar refractivity (Wildman–Crippen MR) is 95.5 cm³/mol. The molecule has 3 rings (SSSR count). The fourth-order valence-corrected chi connectivity index (χ4v) is 6.16. The summed E-state index contributed by atoms with van der Waals surface area (Å²) in [5.74, 6) is 0. The molecule has 0 aromatic rings. The van der Waals surface area contributed by atoms with Crippen LogP contribution >= 0.6 is 0 Å². The molecule has 0 aromatic heterocycles. The molecule has 3 fully saturated rings. The van der Waals surface area contributed by atoms with Gasteiger partial charge in [-0.3, -0.25) is 4.90 Å². The molecule has 0 N–H and O–H groups in total. The molecule has 0 saturated carbocycles. The van der Waals surface area contributed by atoms with Gasteiger partial charge in [-0.15, -0.1) is 0 Å². The Hall–Kier alpha value is -0.340. The molecule has 0 amide bonds. The summed E-state index contributed by atoms with van der Waals surface area (Å²) in [6.07, 6.45) is 1.19. The van der Waals surface area contributed by atoms with Crippen molar-refractivity contribution in [2.24, 2.45) is 0 Å². The van der Waals surface area contributed by atoms with Gasteiger partial charge in [-0.2, -0.15) is 21.3 Å². The standard InChI is InChI=1S/C14H28N4O6S2/c1-25(19,20)18(3-2-15-4-8-23-9-5-15)14-12-17(13-14)26(21,22)16-6-10-24-11-7-16/h14H,2-13H2,1H3. The minimum absolute atomic E-state index is 0.204. The number of nitrogens with zero attached hydrogens (tertiary/aromatic N) is 4. The molecular weight excluding hydrogens is 384 g/mol. The first-order chi connectivity index (χ1) is 12.3. The maximum absolute atomic E-state index is 12.6. The van der Waals surface area contributed by atoms with Crippen LogP contribution in [-0.2, 0) is 29.7 Å². The van der Waals surface area contributed by atoms with Crippen LogP contribution in [0.2, 0.25) is 0 Å². The van der Waals surface area contributed by atoms with Crippen molar-refractivity contribution in [3.63, 3.8) is 0 Å². The lowest BCUT2D eigenvalue weighted by molar-refractivity contribution is 0.0324. The first-order valence-corrected chi connectivity index (χ1v) is 12.1. The van der Waals surface area contributed by atoms with Gasteiger partial charge in [0, 0.05) is 52.4 Å². The third-order valence-corrected chi connectivity index (χ3v) is 8.33. The molecule has 12 heteroatoms. The summed E-state index contributed by atoms with van der Waals surface area (Å²) in [5, 5.41) is 0. The van der Waals surface area contributed by atoms with Crippen LogP contribution in [0.1, 0.15) is 0 Å². The second-order valence-electron chi connectivity index (χ2n) is 6.82. The van der Waals surface area contributed by atoms with Gasteiger partial charge in [-0.25, -0.2) is 8.42 Å². The monoisotopic (exact) mass is 412 g/mol. The van der Waals surface area contributed by atoms with Crippen molar-refractivity contribution in [3.8, 4) is 0 Å². The molecule has 3 heterocycles. The fraction of sp³-hybridized carbons (Fsp3) is 1.00. The average molecular weight is 413 g/mol. The van der Waals surface area contributed by atoms with Gasteiger partial charge in [0.05, 0.1) is 38.7 Å². The van der Waals surface area contributed by atoms with Crippen molar-refractivity contribution < 1.29 is 26.3 Å². The lowest BCUT2D eigenvalue weighted by Crippen LogP contribution is -2.65. The summed E-state index contributed by atoms with van der Waals surface area (Å²) < 4.78 is 64.3. The van der Waals surface area contributed by atoms with E-state index in [1.165, 1.54) is 19.2 Å². The van der Waals surface area contributed by atoms with Gasteiger partial charge in [0.15, 0.2) is 0 Å². The molecule has 26 heavy (non-hydrogen) atoms. The number of morpholine rings is 2. The summed E-state index contributed by atoms with van der Waals surface area (Å²) in [4.78, 5) is 2.17. The highest BCUT2D eigenvalue weighted by atomic mass is 32.2. The number of rotatable bonds is 7. The highest BCUT2D eigenvalue weighted by molar-refractivity contribution is 7.88. The minimum Gasteiger partial charge on any atom is -0.379 e. The third kappa shape index (κ3) is 4.73. The Balaban J connectivity index is 1.56. The van der Waals surface area contributed by atoms with Crippen molar-refractivity contribution in [2.45, 2.75) is 6.04 Å². The van der Waals surface area contributed by atoms with Crippen molar-refractivity contribution >= 4 is 20.2 Å². The zero-order valence-electron chi connectivity index (χ0n) is 15.1. The summed E-state index contributed by atoms with van der Waals surface area (Å²) in [7, 11) is -6.93. The van der Waals surface area contributed by atoms with E-state index in [2.05, 4.69) is 4.90 Å². The van der Waals surface area contributed by atoms with Crippen LogP contribution in [0.3, 0.4) is 0 Å². The van der Waals surface area contributed by atoms with Gasteiger partial charge in [-0.1, -0.05) is 0 Å². The summed E-state index contributed by atoms with van der Waals surface area (Å²) >= 11 is 0. The molecule has 0 aromatic carbocycles. The van der Waals surface area contributed by atoms with Gasteiger partial charge < -0.3 is 9.47 Å².